The SMILES string of the molecule is CC(C)(C)OC(=O)NCCC[C@@H](N)C(=O)N(C(=O)OC(C)(C)C)[C@H](CCc1ccccc1)C(O)c1nc2ccccc2[nH]1. The van der Waals surface area contributed by atoms with E-state index in [1.54, 1.807) is 47.6 Å². The van der Waals surface area contributed by atoms with Crippen LogP contribution in [0.25, 0.3) is 11.0 Å². The fraction of sp³-hybridized carbons (Fsp3) is 0.500. The molecule has 0 aliphatic carbocycles. The second-order valence-electron chi connectivity index (χ2n) is 12.5. The number of aliphatic hydroxyl groups is 1. The fourth-order valence-corrected chi connectivity index (χ4v) is 4.51. The summed E-state index contributed by atoms with van der Waals surface area (Å²) in [6.45, 7) is 10.6. The zero-order valence-corrected chi connectivity index (χ0v) is 25.9. The van der Waals surface area contributed by atoms with Crippen LogP contribution in [-0.2, 0) is 20.7 Å². The number of hydrogen-bond donors (Lipinski definition) is 4. The molecule has 5 N–H and O–H groups in total. The maximum atomic E-state index is 13.9. The van der Waals surface area contributed by atoms with E-state index in [0.717, 1.165) is 10.5 Å². The van der Waals surface area contributed by atoms with Gasteiger partial charge in [0.25, 0.3) is 0 Å². The molecule has 0 aliphatic rings. The van der Waals surface area contributed by atoms with Gasteiger partial charge in [0.2, 0.25) is 5.91 Å². The largest absolute Gasteiger partial charge is 0.444 e. The number of aromatic nitrogens is 2. The molecule has 0 radical (unpaired) electrons. The number of imidazole rings is 1. The van der Waals surface area contributed by atoms with Gasteiger partial charge in [-0.25, -0.2) is 19.5 Å². The van der Waals surface area contributed by atoms with Gasteiger partial charge in [-0.2, -0.15) is 0 Å². The first-order chi connectivity index (χ1) is 20.1. The number of aryl methyl sites for hydroxylation is 1. The molecular weight excluding hydrogens is 550 g/mol. The number of hydrogen-bond acceptors (Lipinski definition) is 8. The summed E-state index contributed by atoms with van der Waals surface area (Å²) >= 11 is 0. The summed E-state index contributed by atoms with van der Waals surface area (Å²) in [5.41, 5.74) is 7.11. The lowest BCUT2D eigenvalue weighted by atomic mass is 9.98. The van der Waals surface area contributed by atoms with Crippen molar-refractivity contribution in [1.82, 2.24) is 20.2 Å². The summed E-state index contributed by atoms with van der Waals surface area (Å²) in [5.74, 6) is -0.476. The van der Waals surface area contributed by atoms with Gasteiger partial charge in [-0.3, -0.25) is 4.79 Å². The molecule has 0 fully saturated rings. The summed E-state index contributed by atoms with van der Waals surface area (Å²) in [6, 6.07) is 14.7. The number of aromatic amines is 1. The van der Waals surface area contributed by atoms with Crippen LogP contribution in [0.4, 0.5) is 9.59 Å². The van der Waals surface area contributed by atoms with Crippen LogP contribution in [0.5, 0.6) is 0 Å². The Morgan fingerprint density at radius 3 is 2.21 bits per heavy atom. The van der Waals surface area contributed by atoms with Crippen LogP contribution in [0.3, 0.4) is 0 Å². The summed E-state index contributed by atoms with van der Waals surface area (Å²) in [7, 11) is 0. The second kappa shape index (κ2) is 14.5. The lowest BCUT2D eigenvalue weighted by Crippen LogP contribution is -2.55. The van der Waals surface area contributed by atoms with Crippen molar-refractivity contribution in [3.63, 3.8) is 0 Å². The molecule has 3 atom stereocenters. The van der Waals surface area contributed by atoms with Crippen LogP contribution in [-0.4, -0.2) is 67.9 Å². The summed E-state index contributed by atoms with van der Waals surface area (Å²) in [4.78, 5) is 48.1. The lowest BCUT2D eigenvalue weighted by Gasteiger charge is -2.35. The zero-order valence-electron chi connectivity index (χ0n) is 25.9. The van der Waals surface area contributed by atoms with Crippen molar-refractivity contribution >= 4 is 29.1 Å². The smallest absolute Gasteiger partial charge is 0.417 e. The highest BCUT2D eigenvalue weighted by Crippen LogP contribution is 2.28. The number of amides is 3. The average molecular weight is 596 g/mol. The van der Waals surface area contributed by atoms with Gasteiger partial charge in [-0.05, 0) is 84.9 Å². The first-order valence-electron chi connectivity index (χ1n) is 14.6. The van der Waals surface area contributed by atoms with Gasteiger partial charge < -0.3 is 30.6 Å². The number of nitrogens with one attached hydrogen (secondary N) is 2. The van der Waals surface area contributed by atoms with Crippen LogP contribution < -0.4 is 11.1 Å². The Morgan fingerprint density at radius 1 is 0.953 bits per heavy atom. The van der Waals surface area contributed by atoms with Crippen molar-refractivity contribution in [2.45, 2.75) is 96.6 Å². The van der Waals surface area contributed by atoms with Gasteiger partial charge >= 0.3 is 12.2 Å². The third kappa shape index (κ3) is 10.4. The molecule has 3 amide bonds. The van der Waals surface area contributed by atoms with E-state index in [2.05, 4.69) is 15.3 Å². The van der Waals surface area contributed by atoms with Crippen molar-refractivity contribution in [3.05, 3.63) is 66.0 Å². The van der Waals surface area contributed by atoms with E-state index >= 15 is 0 Å². The molecule has 0 spiro atoms. The Kier molecular flexibility index (Phi) is 11.3. The third-order valence-electron chi connectivity index (χ3n) is 6.46. The lowest BCUT2D eigenvalue weighted by molar-refractivity contribution is -0.137. The van der Waals surface area contributed by atoms with Crippen LogP contribution in [0, 0.1) is 0 Å². The molecule has 2 aromatic carbocycles. The molecule has 43 heavy (non-hydrogen) atoms. The van der Waals surface area contributed by atoms with Gasteiger partial charge in [-0.1, -0.05) is 42.5 Å². The maximum absolute atomic E-state index is 13.9. The van der Waals surface area contributed by atoms with Gasteiger partial charge in [-0.15, -0.1) is 0 Å². The minimum Gasteiger partial charge on any atom is -0.444 e. The number of ether oxygens (including phenoxy) is 2. The predicted molar refractivity (Wildman–Crippen MR) is 164 cm³/mol. The Bertz CT molecular complexity index is 1330. The molecule has 3 rings (SSSR count). The number of nitrogens with two attached hydrogens (primary N) is 1. The molecule has 234 valence electrons. The number of nitrogens with zero attached hydrogens (tertiary/aromatic N) is 2. The van der Waals surface area contributed by atoms with Crippen molar-refractivity contribution in [2.75, 3.05) is 6.54 Å². The molecule has 0 saturated carbocycles. The number of carbonyl (C=O) groups excluding carboxylic acids is 3. The van der Waals surface area contributed by atoms with Crippen molar-refractivity contribution in [1.29, 1.82) is 0 Å². The Morgan fingerprint density at radius 2 is 1.58 bits per heavy atom. The number of carbonyl (C=O) groups is 3. The Balaban J connectivity index is 1.87. The molecule has 1 unspecified atom stereocenters. The summed E-state index contributed by atoms with van der Waals surface area (Å²) in [6.07, 6.45) is -1.63. The predicted octanol–water partition coefficient (Wildman–Crippen LogP) is 4.99. The average Bonchev–Trinajstić information content (AvgIpc) is 3.35. The monoisotopic (exact) mass is 595 g/mol. The van der Waals surface area contributed by atoms with Gasteiger partial charge in [0.15, 0.2) is 0 Å². The summed E-state index contributed by atoms with van der Waals surface area (Å²) < 4.78 is 10.9. The number of rotatable bonds is 11. The van der Waals surface area contributed by atoms with E-state index in [0.29, 0.717) is 23.9 Å². The molecule has 0 bridgehead atoms. The highest BCUT2D eigenvalue weighted by molar-refractivity contribution is 5.95. The van der Waals surface area contributed by atoms with E-state index in [1.807, 2.05) is 48.5 Å². The van der Waals surface area contributed by atoms with Gasteiger partial charge in [0, 0.05) is 6.54 Å². The molecular formula is C32H45N5O6. The van der Waals surface area contributed by atoms with E-state index in [4.69, 9.17) is 15.2 Å². The Labute approximate surface area is 253 Å². The number of benzene rings is 2. The van der Waals surface area contributed by atoms with Gasteiger partial charge in [0.1, 0.15) is 23.1 Å². The zero-order chi connectivity index (χ0) is 31.8. The highest BCUT2D eigenvalue weighted by Gasteiger charge is 2.40. The minimum absolute atomic E-state index is 0.167. The number of alkyl carbamates (subject to hydrolysis) is 1. The molecule has 3 aromatic rings. The summed E-state index contributed by atoms with van der Waals surface area (Å²) in [5, 5.41) is 14.3. The van der Waals surface area contributed by atoms with E-state index in [-0.39, 0.29) is 25.2 Å². The van der Waals surface area contributed by atoms with Crippen LogP contribution in [0.1, 0.15) is 78.3 Å². The first kappa shape index (κ1) is 33.5. The third-order valence-corrected chi connectivity index (χ3v) is 6.46. The minimum atomic E-state index is -1.35. The molecule has 0 saturated heterocycles. The van der Waals surface area contributed by atoms with E-state index in [1.165, 1.54) is 0 Å². The molecule has 0 aliphatic heterocycles. The van der Waals surface area contributed by atoms with E-state index < -0.39 is 47.5 Å². The molecule has 1 aromatic heterocycles. The highest BCUT2D eigenvalue weighted by atomic mass is 16.6. The molecule has 1 heterocycles. The number of aliphatic hydroxyl groups excluding tert-OH is 1. The fourth-order valence-electron chi connectivity index (χ4n) is 4.51. The van der Waals surface area contributed by atoms with E-state index in [9.17, 15) is 19.5 Å². The van der Waals surface area contributed by atoms with Crippen molar-refractivity contribution in [2.24, 2.45) is 5.73 Å². The first-order valence-corrected chi connectivity index (χ1v) is 14.6. The Hall–Kier alpha value is -3.96. The topological polar surface area (TPSA) is 160 Å². The van der Waals surface area contributed by atoms with Crippen LogP contribution in [0.2, 0.25) is 0 Å². The molecule has 11 heteroatoms. The van der Waals surface area contributed by atoms with Crippen molar-refractivity contribution in [3.8, 4) is 0 Å². The van der Waals surface area contributed by atoms with Crippen LogP contribution >= 0.6 is 0 Å². The number of H-pyrrole nitrogens is 1. The quantitative estimate of drug-likeness (QED) is 0.226. The number of imide groups is 1. The molecule has 11 nitrogen and oxygen atoms in total. The number of para-hydroxylation sites is 2. The van der Waals surface area contributed by atoms with Gasteiger partial charge in [0.05, 0.1) is 23.1 Å². The second-order valence-corrected chi connectivity index (χ2v) is 12.5. The normalized spacial score (nSPS) is 14.0. The van der Waals surface area contributed by atoms with Crippen molar-refractivity contribution < 1.29 is 29.0 Å². The number of fused-ring (bicyclic) bond motifs is 1. The maximum Gasteiger partial charge on any atom is 0.417 e. The van der Waals surface area contributed by atoms with Crippen LogP contribution in [0.15, 0.2) is 54.6 Å². The standard InChI is InChI=1S/C32H45N5O6/c1-31(2,3)42-29(40)34-20-12-15-22(33)28(39)37(30(41)43-32(4,5)6)25(19-18-21-13-8-7-9-14-21)26(38)27-35-23-16-10-11-17-24(23)36-27/h7-11,13-14,16-17,22,25-26,38H,12,15,18-20,33H2,1-6H3,(H,34,40)(H,35,36)/t22-,25-,26?/m1/s1.